The van der Waals surface area contributed by atoms with Gasteiger partial charge in [-0.2, -0.15) is 0 Å². The quantitative estimate of drug-likeness (QED) is 0.725. The Labute approximate surface area is 145 Å². The van der Waals surface area contributed by atoms with Gasteiger partial charge in [-0.05, 0) is 12.1 Å². The van der Waals surface area contributed by atoms with E-state index in [2.05, 4.69) is 20.0 Å². The van der Waals surface area contributed by atoms with Gasteiger partial charge in [0.2, 0.25) is 0 Å². The number of hydrogen-bond acceptors (Lipinski definition) is 7. The molecule has 1 aliphatic heterocycles. The second-order valence-electron chi connectivity index (χ2n) is 6.36. The molecule has 0 aliphatic carbocycles. The zero-order chi connectivity index (χ0) is 18.1. The minimum absolute atomic E-state index is 0.286. The van der Waals surface area contributed by atoms with Crippen LogP contribution in [0.3, 0.4) is 0 Å². The van der Waals surface area contributed by atoms with Crippen LogP contribution in [0.25, 0.3) is 0 Å². The van der Waals surface area contributed by atoms with E-state index < -0.39 is 0 Å². The number of hydrogen-bond donors (Lipinski definition) is 0. The van der Waals surface area contributed by atoms with Crippen LogP contribution in [-0.2, 0) is 14.1 Å². The van der Waals surface area contributed by atoms with E-state index in [4.69, 9.17) is 0 Å². The van der Waals surface area contributed by atoms with Crippen LogP contribution in [0, 0.1) is 0 Å². The van der Waals surface area contributed by atoms with Gasteiger partial charge in [-0.15, -0.1) is 10.2 Å². The molecule has 0 saturated carbocycles. The first-order chi connectivity index (χ1) is 11.9. The van der Waals surface area contributed by atoms with Gasteiger partial charge in [0.15, 0.2) is 11.6 Å². The Bertz CT molecular complexity index is 862. The fourth-order valence-electron chi connectivity index (χ4n) is 2.91. The summed E-state index contributed by atoms with van der Waals surface area (Å²) in [6.07, 6.45) is 0. The average molecular weight is 345 g/mol. The number of nitrogens with zero attached hydrogens (tertiary/aromatic N) is 7. The topological polar surface area (TPSA) is 79.5 Å². The van der Waals surface area contributed by atoms with Crippen molar-refractivity contribution in [2.75, 3.05) is 55.0 Å². The van der Waals surface area contributed by atoms with Gasteiger partial charge in [0.25, 0.3) is 5.56 Å². The Hall–Kier alpha value is -2.84. The van der Waals surface area contributed by atoms with Crippen LogP contribution in [0.1, 0.15) is 0 Å². The molecule has 1 fully saturated rings. The summed E-state index contributed by atoms with van der Waals surface area (Å²) in [5.41, 5.74) is -0.597. The second kappa shape index (κ2) is 6.58. The molecule has 0 bridgehead atoms. The first-order valence-corrected chi connectivity index (χ1v) is 8.16. The van der Waals surface area contributed by atoms with Crippen molar-refractivity contribution in [2.45, 2.75) is 0 Å². The fourth-order valence-corrected chi connectivity index (χ4v) is 2.91. The average Bonchev–Trinajstić information content (AvgIpc) is 2.63. The lowest BCUT2D eigenvalue weighted by Crippen LogP contribution is -2.49. The minimum Gasteiger partial charge on any atom is -0.361 e. The summed E-state index contributed by atoms with van der Waals surface area (Å²) < 4.78 is 2.63. The van der Waals surface area contributed by atoms with Crippen molar-refractivity contribution in [1.82, 2.24) is 19.3 Å². The summed E-state index contributed by atoms with van der Waals surface area (Å²) in [6, 6.07) is 5.42. The number of rotatable bonds is 3. The lowest BCUT2D eigenvalue weighted by molar-refractivity contribution is 0.605. The number of aromatic nitrogens is 4. The first-order valence-electron chi connectivity index (χ1n) is 8.16. The van der Waals surface area contributed by atoms with E-state index in [0.29, 0.717) is 18.9 Å². The Morgan fingerprint density at radius 2 is 1.56 bits per heavy atom. The predicted molar refractivity (Wildman–Crippen MR) is 97.7 cm³/mol. The van der Waals surface area contributed by atoms with E-state index in [9.17, 15) is 9.59 Å². The Kier molecular flexibility index (Phi) is 4.47. The first kappa shape index (κ1) is 17.0. The van der Waals surface area contributed by atoms with Crippen molar-refractivity contribution in [3.05, 3.63) is 39.0 Å². The zero-order valence-corrected chi connectivity index (χ0v) is 15.0. The van der Waals surface area contributed by atoms with E-state index in [0.717, 1.165) is 29.3 Å². The smallest absolute Gasteiger partial charge is 0.332 e. The van der Waals surface area contributed by atoms with Crippen LogP contribution in [0.5, 0.6) is 0 Å². The van der Waals surface area contributed by atoms with Gasteiger partial charge < -0.3 is 14.7 Å². The van der Waals surface area contributed by atoms with Crippen LogP contribution >= 0.6 is 0 Å². The van der Waals surface area contributed by atoms with Crippen molar-refractivity contribution in [3.63, 3.8) is 0 Å². The molecule has 0 spiro atoms. The highest BCUT2D eigenvalue weighted by Crippen LogP contribution is 2.18. The van der Waals surface area contributed by atoms with Gasteiger partial charge >= 0.3 is 5.69 Å². The molecule has 0 atom stereocenters. The van der Waals surface area contributed by atoms with Gasteiger partial charge in [-0.25, -0.2) is 4.79 Å². The fraction of sp³-hybridized carbons (Fsp3) is 0.500. The molecule has 3 heterocycles. The molecule has 0 radical (unpaired) electrons. The number of piperazine rings is 1. The van der Waals surface area contributed by atoms with Crippen molar-refractivity contribution in [3.8, 4) is 0 Å². The van der Waals surface area contributed by atoms with Crippen LogP contribution < -0.4 is 25.9 Å². The predicted octanol–water partition coefficient (Wildman–Crippen LogP) is -0.733. The zero-order valence-electron chi connectivity index (χ0n) is 15.0. The Morgan fingerprint density at radius 3 is 2.12 bits per heavy atom. The molecule has 2 aromatic heterocycles. The van der Waals surface area contributed by atoms with Gasteiger partial charge in [0, 0.05) is 60.4 Å². The van der Waals surface area contributed by atoms with E-state index >= 15 is 0 Å². The monoisotopic (exact) mass is 345 g/mol. The highest BCUT2D eigenvalue weighted by molar-refractivity contribution is 5.47. The standard InChI is InChI=1S/C16H23N7O2/c1-19(2)12-5-6-13(18-17-12)22-7-9-23(10-8-22)14-11-15(24)21(4)16(25)20(14)3/h5-6,11H,7-10H2,1-4H3. The molecule has 1 aliphatic rings. The lowest BCUT2D eigenvalue weighted by atomic mass is 10.3. The summed E-state index contributed by atoms with van der Waals surface area (Å²) in [6.45, 7) is 2.91. The van der Waals surface area contributed by atoms with E-state index in [1.54, 1.807) is 7.05 Å². The lowest BCUT2D eigenvalue weighted by Gasteiger charge is -2.36. The van der Waals surface area contributed by atoms with Crippen molar-refractivity contribution >= 4 is 17.5 Å². The molecule has 1 saturated heterocycles. The SMILES string of the molecule is CN(C)c1ccc(N2CCN(c3cc(=O)n(C)c(=O)n3C)CC2)nn1. The highest BCUT2D eigenvalue weighted by Gasteiger charge is 2.21. The van der Waals surface area contributed by atoms with Crippen LogP contribution in [0.2, 0.25) is 0 Å². The molecular formula is C16H23N7O2. The van der Waals surface area contributed by atoms with Gasteiger partial charge in [0.05, 0.1) is 0 Å². The summed E-state index contributed by atoms with van der Waals surface area (Å²) >= 11 is 0. The Morgan fingerprint density at radius 1 is 0.920 bits per heavy atom. The van der Waals surface area contributed by atoms with Gasteiger partial charge in [0.1, 0.15) is 5.82 Å². The molecule has 3 rings (SSSR count). The maximum Gasteiger partial charge on any atom is 0.332 e. The molecular weight excluding hydrogens is 322 g/mol. The van der Waals surface area contributed by atoms with Crippen LogP contribution in [0.4, 0.5) is 17.5 Å². The molecule has 25 heavy (non-hydrogen) atoms. The normalized spacial score (nSPS) is 14.7. The summed E-state index contributed by atoms with van der Waals surface area (Å²) in [7, 11) is 7.03. The van der Waals surface area contributed by atoms with Crippen LogP contribution in [0.15, 0.2) is 27.8 Å². The summed E-state index contributed by atoms with van der Waals surface area (Å²) in [4.78, 5) is 30.1. The highest BCUT2D eigenvalue weighted by atomic mass is 16.2. The van der Waals surface area contributed by atoms with E-state index in [1.165, 1.54) is 17.7 Å². The molecule has 9 heteroatoms. The van der Waals surface area contributed by atoms with Crippen LogP contribution in [-0.4, -0.2) is 59.6 Å². The third-order valence-electron chi connectivity index (χ3n) is 4.52. The van der Waals surface area contributed by atoms with Gasteiger partial charge in [-0.3, -0.25) is 13.9 Å². The van der Waals surface area contributed by atoms with E-state index in [1.807, 2.05) is 31.1 Å². The molecule has 0 unspecified atom stereocenters. The number of anilines is 3. The largest absolute Gasteiger partial charge is 0.361 e. The molecule has 0 aromatic carbocycles. The molecule has 0 N–H and O–H groups in total. The molecule has 9 nitrogen and oxygen atoms in total. The van der Waals surface area contributed by atoms with Gasteiger partial charge in [-0.1, -0.05) is 0 Å². The second-order valence-corrected chi connectivity index (χ2v) is 6.36. The third kappa shape index (κ3) is 3.21. The molecule has 134 valence electrons. The summed E-state index contributed by atoms with van der Waals surface area (Å²) in [5, 5.41) is 8.49. The maximum absolute atomic E-state index is 12.1. The van der Waals surface area contributed by atoms with Crippen molar-refractivity contribution in [1.29, 1.82) is 0 Å². The maximum atomic E-state index is 12.1. The minimum atomic E-state index is -0.310. The summed E-state index contributed by atoms with van der Waals surface area (Å²) in [5.74, 6) is 2.31. The Balaban J connectivity index is 1.74. The van der Waals surface area contributed by atoms with Crippen molar-refractivity contribution in [2.24, 2.45) is 14.1 Å². The van der Waals surface area contributed by atoms with E-state index in [-0.39, 0.29) is 11.2 Å². The molecule has 2 aromatic rings. The van der Waals surface area contributed by atoms with Crippen molar-refractivity contribution < 1.29 is 0 Å². The third-order valence-corrected chi connectivity index (χ3v) is 4.52. The molecule has 0 amide bonds.